The minimum absolute atomic E-state index is 0.0126. The summed E-state index contributed by atoms with van der Waals surface area (Å²) in [6.45, 7) is 2.56. The third-order valence-corrected chi connectivity index (χ3v) is 4.54. The van der Waals surface area contributed by atoms with Gasteiger partial charge >= 0.3 is 0 Å². The van der Waals surface area contributed by atoms with Gasteiger partial charge < -0.3 is 15.0 Å². The number of aryl methyl sites for hydroxylation is 1. The summed E-state index contributed by atoms with van der Waals surface area (Å²) < 4.78 is 21.6. The molecule has 2 aromatic carbocycles. The van der Waals surface area contributed by atoms with Gasteiger partial charge in [0, 0.05) is 24.2 Å². The third-order valence-electron chi connectivity index (χ3n) is 4.54. The van der Waals surface area contributed by atoms with E-state index in [9.17, 15) is 4.39 Å². The number of benzene rings is 2. The van der Waals surface area contributed by atoms with Gasteiger partial charge in [-0.25, -0.2) is 4.39 Å². The summed E-state index contributed by atoms with van der Waals surface area (Å²) in [6.07, 6.45) is 2.76. The third kappa shape index (κ3) is 3.07. The SMILES string of the molecule is CO[C@H](CCN)[C@H](c1ccccc1)n1cc(C)c2cc(F)ccc21. The fraction of sp³-hybridized carbons (Fsp3) is 0.300. The zero-order chi connectivity index (χ0) is 17.1. The molecule has 1 heterocycles. The van der Waals surface area contributed by atoms with Crippen molar-refractivity contribution >= 4 is 10.9 Å². The average molecular weight is 326 g/mol. The first kappa shape index (κ1) is 16.7. The standard InChI is InChI=1S/C20H23FN2O/c1-14-13-23(18-9-8-16(21)12-17(14)18)20(19(24-2)10-11-22)15-6-4-3-5-7-15/h3-9,12-13,19-20H,10-11,22H2,1-2H3/t19-,20+/m1/s1. The highest BCUT2D eigenvalue weighted by Crippen LogP contribution is 2.32. The van der Waals surface area contributed by atoms with Crippen LogP contribution in [0, 0.1) is 12.7 Å². The molecule has 0 unspecified atom stereocenters. The van der Waals surface area contributed by atoms with E-state index in [2.05, 4.69) is 22.9 Å². The van der Waals surface area contributed by atoms with E-state index in [0.29, 0.717) is 6.54 Å². The first-order valence-electron chi connectivity index (χ1n) is 8.20. The topological polar surface area (TPSA) is 40.2 Å². The molecular formula is C20H23FN2O. The van der Waals surface area contributed by atoms with Gasteiger partial charge in [0.25, 0.3) is 0 Å². The maximum atomic E-state index is 13.6. The highest BCUT2D eigenvalue weighted by molar-refractivity contribution is 5.84. The molecule has 0 bridgehead atoms. The molecular weight excluding hydrogens is 303 g/mol. The van der Waals surface area contributed by atoms with Gasteiger partial charge in [0.05, 0.1) is 12.1 Å². The van der Waals surface area contributed by atoms with Gasteiger partial charge in [-0.1, -0.05) is 30.3 Å². The van der Waals surface area contributed by atoms with Crippen LogP contribution in [0.25, 0.3) is 10.9 Å². The van der Waals surface area contributed by atoms with Crippen molar-refractivity contribution in [3.63, 3.8) is 0 Å². The van der Waals surface area contributed by atoms with Gasteiger partial charge in [-0.05, 0) is 49.2 Å². The molecule has 2 atom stereocenters. The Labute approximate surface area is 141 Å². The Hall–Kier alpha value is -2.17. The lowest BCUT2D eigenvalue weighted by molar-refractivity contribution is 0.0660. The van der Waals surface area contributed by atoms with Crippen molar-refractivity contribution in [2.75, 3.05) is 13.7 Å². The maximum absolute atomic E-state index is 13.6. The molecule has 3 rings (SSSR count). The van der Waals surface area contributed by atoms with Crippen molar-refractivity contribution in [3.8, 4) is 0 Å². The lowest BCUT2D eigenvalue weighted by Crippen LogP contribution is -2.29. The molecule has 126 valence electrons. The molecule has 1 aromatic heterocycles. The van der Waals surface area contributed by atoms with Crippen LogP contribution < -0.4 is 5.73 Å². The number of hydrogen-bond acceptors (Lipinski definition) is 2. The molecule has 0 saturated heterocycles. The van der Waals surface area contributed by atoms with E-state index in [1.165, 1.54) is 6.07 Å². The molecule has 0 amide bonds. The molecule has 0 aliphatic heterocycles. The van der Waals surface area contributed by atoms with Gasteiger partial charge in [0.15, 0.2) is 0 Å². The lowest BCUT2D eigenvalue weighted by atomic mass is 9.98. The van der Waals surface area contributed by atoms with Crippen LogP contribution in [0.1, 0.15) is 23.6 Å². The number of rotatable bonds is 6. The summed E-state index contributed by atoms with van der Waals surface area (Å²) in [5.41, 5.74) is 9.00. The molecule has 2 N–H and O–H groups in total. The first-order chi connectivity index (χ1) is 11.7. The van der Waals surface area contributed by atoms with Crippen molar-refractivity contribution < 1.29 is 9.13 Å². The minimum atomic E-state index is -0.218. The molecule has 0 saturated carbocycles. The Morgan fingerprint density at radius 1 is 1.17 bits per heavy atom. The smallest absolute Gasteiger partial charge is 0.123 e. The molecule has 3 aromatic rings. The summed E-state index contributed by atoms with van der Waals surface area (Å²) in [7, 11) is 1.72. The number of aromatic nitrogens is 1. The van der Waals surface area contributed by atoms with Crippen molar-refractivity contribution in [1.29, 1.82) is 0 Å². The number of methoxy groups -OCH3 is 1. The number of nitrogens with two attached hydrogens (primary N) is 1. The van der Waals surface area contributed by atoms with E-state index in [0.717, 1.165) is 28.5 Å². The molecule has 0 radical (unpaired) electrons. The van der Waals surface area contributed by atoms with E-state index in [1.807, 2.05) is 31.2 Å². The second kappa shape index (κ2) is 7.16. The van der Waals surface area contributed by atoms with Crippen LogP contribution in [0.2, 0.25) is 0 Å². The Balaban J connectivity index is 2.19. The Kier molecular flexibility index (Phi) is 4.97. The Bertz CT molecular complexity index is 813. The van der Waals surface area contributed by atoms with Gasteiger partial charge in [-0.3, -0.25) is 0 Å². The Morgan fingerprint density at radius 2 is 1.92 bits per heavy atom. The molecule has 0 spiro atoms. The van der Waals surface area contributed by atoms with Crippen LogP contribution >= 0.6 is 0 Å². The lowest BCUT2D eigenvalue weighted by Gasteiger charge is -2.28. The van der Waals surface area contributed by atoms with Crippen LogP contribution in [0.5, 0.6) is 0 Å². The van der Waals surface area contributed by atoms with E-state index >= 15 is 0 Å². The molecule has 24 heavy (non-hydrogen) atoms. The predicted molar refractivity (Wildman–Crippen MR) is 95.7 cm³/mol. The van der Waals surface area contributed by atoms with E-state index in [4.69, 9.17) is 10.5 Å². The second-order valence-electron chi connectivity index (χ2n) is 6.09. The van der Waals surface area contributed by atoms with E-state index < -0.39 is 0 Å². The van der Waals surface area contributed by atoms with Crippen molar-refractivity contribution in [2.45, 2.75) is 25.5 Å². The van der Waals surface area contributed by atoms with Crippen molar-refractivity contribution in [2.24, 2.45) is 5.73 Å². The highest BCUT2D eigenvalue weighted by atomic mass is 19.1. The normalized spacial score (nSPS) is 14.0. The van der Waals surface area contributed by atoms with Gasteiger partial charge in [0.1, 0.15) is 5.82 Å². The zero-order valence-corrected chi connectivity index (χ0v) is 14.1. The van der Waals surface area contributed by atoms with Gasteiger partial charge in [0.2, 0.25) is 0 Å². The maximum Gasteiger partial charge on any atom is 0.123 e. The quantitative estimate of drug-likeness (QED) is 0.742. The monoisotopic (exact) mass is 326 g/mol. The van der Waals surface area contributed by atoms with Crippen molar-refractivity contribution in [3.05, 3.63) is 71.7 Å². The summed E-state index contributed by atoms with van der Waals surface area (Å²) in [5, 5.41) is 0.929. The molecule has 0 fully saturated rings. The number of hydrogen-bond donors (Lipinski definition) is 1. The van der Waals surface area contributed by atoms with Gasteiger partial charge in [-0.2, -0.15) is 0 Å². The summed E-state index contributed by atoms with van der Waals surface area (Å²) in [5.74, 6) is -0.218. The van der Waals surface area contributed by atoms with Crippen LogP contribution in [-0.2, 0) is 4.74 Å². The van der Waals surface area contributed by atoms with Crippen molar-refractivity contribution in [1.82, 2.24) is 4.57 Å². The highest BCUT2D eigenvalue weighted by Gasteiger charge is 2.26. The summed E-state index contributed by atoms with van der Waals surface area (Å²) >= 11 is 0. The van der Waals surface area contributed by atoms with Crippen LogP contribution in [0.4, 0.5) is 4.39 Å². The molecule has 0 aliphatic rings. The summed E-state index contributed by atoms with van der Waals surface area (Å²) in [6, 6.07) is 15.2. The zero-order valence-electron chi connectivity index (χ0n) is 14.1. The molecule has 0 aliphatic carbocycles. The fourth-order valence-electron chi connectivity index (χ4n) is 3.40. The number of nitrogens with zero attached hydrogens (tertiary/aromatic N) is 1. The number of halogens is 1. The fourth-order valence-corrected chi connectivity index (χ4v) is 3.40. The number of fused-ring (bicyclic) bond motifs is 1. The molecule has 4 heteroatoms. The van der Waals surface area contributed by atoms with Crippen LogP contribution in [0.3, 0.4) is 0 Å². The van der Waals surface area contributed by atoms with Crippen LogP contribution in [-0.4, -0.2) is 24.3 Å². The first-order valence-corrected chi connectivity index (χ1v) is 8.20. The molecule has 3 nitrogen and oxygen atoms in total. The second-order valence-corrected chi connectivity index (χ2v) is 6.09. The van der Waals surface area contributed by atoms with E-state index in [-0.39, 0.29) is 18.0 Å². The van der Waals surface area contributed by atoms with Crippen LogP contribution in [0.15, 0.2) is 54.7 Å². The van der Waals surface area contributed by atoms with Gasteiger partial charge in [-0.15, -0.1) is 0 Å². The summed E-state index contributed by atoms with van der Waals surface area (Å²) in [4.78, 5) is 0. The largest absolute Gasteiger partial charge is 0.379 e. The minimum Gasteiger partial charge on any atom is -0.379 e. The number of ether oxygens (including phenoxy) is 1. The van der Waals surface area contributed by atoms with E-state index in [1.54, 1.807) is 13.2 Å². The average Bonchev–Trinajstić information content (AvgIpc) is 2.91. The Morgan fingerprint density at radius 3 is 2.58 bits per heavy atom. The predicted octanol–water partition coefficient (Wildman–Crippen LogP) is 4.04.